The molecule has 0 aliphatic rings. The zero-order valence-electron chi connectivity index (χ0n) is 18.0. The molecule has 0 saturated carbocycles. The summed E-state index contributed by atoms with van der Waals surface area (Å²) < 4.78 is 0. The predicted molar refractivity (Wildman–Crippen MR) is 132 cm³/mol. The van der Waals surface area contributed by atoms with E-state index in [0.29, 0.717) is 48.5 Å². The van der Waals surface area contributed by atoms with Crippen LogP contribution in [0, 0.1) is 5.41 Å². The lowest BCUT2D eigenvalue weighted by molar-refractivity contribution is 0.0793. The van der Waals surface area contributed by atoms with Crippen molar-refractivity contribution in [2.75, 3.05) is 55.8 Å². The van der Waals surface area contributed by atoms with Gasteiger partial charge in [-0.15, -0.1) is 35.6 Å². The van der Waals surface area contributed by atoms with E-state index in [2.05, 4.69) is 15.3 Å². The fourth-order valence-corrected chi connectivity index (χ4v) is 3.18. The van der Waals surface area contributed by atoms with Crippen LogP contribution in [0.4, 0.5) is 11.4 Å². The molecule has 0 fully saturated rings. The van der Waals surface area contributed by atoms with Gasteiger partial charge >= 0.3 is 0 Å². The number of aromatic nitrogens is 2. The van der Waals surface area contributed by atoms with E-state index in [0.717, 1.165) is 5.69 Å². The van der Waals surface area contributed by atoms with Crippen LogP contribution in [0.2, 0.25) is 0 Å². The first-order valence-corrected chi connectivity index (χ1v) is 10.7. The van der Waals surface area contributed by atoms with Crippen LogP contribution in [0.5, 0.6) is 0 Å². The summed E-state index contributed by atoms with van der Waals surface area (Å²) in [5, 5.41) is 13.5. The summed E-state index contributed by atoms with van der Waals surface area (Å²) in [6.07, 6.45) is 3.56. The highest BCUT2D eigenvalue weighted by Crippen LogP contribution is 2.22. The quantitative estimate of drug-likeness (QED) is 0.130. The highest BCUT2D eigenvalue weighted by molar-refractivity contribution is 6.18. The van der Waals surface area contributed by atoms with Gasteiger partial charge in [0, 0.05) is 64.3 Å². The molecule has 2 heterocycles. The molecule has 0 bridgehead atoms. The summed E-state index contributed by atoms with van der Waals surface area (Å²) in [5.74, 6) is 0.191. The standard InChI is InChI=1S/C19H28Cl2N8O2.ClH/c1-27(7-3-17(22)23)18(30)16-10-14(12-26-16)29(28(2)8-5-21)19(31)15-9-13(11-25-15)24-6-4-20;/h9-12,24-26H,3-8H2,1-2H3,(H3,22,23);1H. The van der Waals surface area contributed by atoms with E-state index in [1.165, 1.54) is 9.91 Å². The van der Waals surface area contributed by atoms with E-state index in [1.807, 2.05) is 0 Å². The van der Waals surface area contributed by atoms with Crippen LogP contribution >= 0.6 is 35.6 Å². The van der Waals surface area contributed by atoms with Gasteiger partial charge in [-0.25, -0.2) is 10.0 Å². The van der Waals surface area contributed by atoms with E-state index in [-0.39, 0.29) is 36.5 Å². The number of H-pyrrole nitrogens is 2. The summed E-state index contributed by atoms with van der Waals surface area (Å²) in [6, 6.07) is 3.30. The Bertz CT molecular complexity index is 901. The SMILES string of the molecule is CN(CCC(=N)N)C(=O)c1cc(N(C(=O)c2cc(NCCCl)c[nH]2)N(C)CCCl)c[nH]1.Cl. The number of aromatic amines is 2. The maximum atomic E-state index is 13.2. The van der Waals surface area contributed by atoms with E-state index in [9.17, 15) is 9.59 Å². The van der Waals surface area contributed by atoms with E-state index in [1.54, 1.807) is 43.6 Å². The van der Waals surface area contributed by atoms with E-state index >= 15 is 0 Å². The van der Waals surface area contributed by atoms with Crippen molar-refractivity contribution in [3.05, 3.63) is 35.9 Å². The molecule has 2 aromatic heterocycles. The number of amides is 2. The Kier molecular flexibility index (Phi) is 11.4. The first kappa shape index (κ1) is 27.6. The molecule has 0 aliphatic carbocycles. The minimum Gasteiger partial charge on any atom is -0.388 e. The van der Waals surface area contributed by atoms with E-state index in [4.69, 9.17) is 34.3 Å². The second-order valence-electron chi connectivity index (χ2n) is 6.88. The molecular formula is C19H29Cl3N8O2. The van der Waals surface area contributed by atoms with Crippen molar-refractivity contribution < 1.29 is 9.59 Å². The predicted octanol–water partition coefficient (Wildman–Crippen LogP) is 2.55. The average Bonchev–Trinajstić information content (AvgIpc) is 3.40. The molecule has 0 atom stereocenters. The number of anilines is 2. The van der Waals surface area contributed by atoms with Crippen LogP contribution in [0.15, 0.2) is 24.5 Å². The second-order valence-corrected chi connectivity index (χ2v) is 7.63. The molecule has 0 unspecified atom stereocenters. The highest BCUT2D eigenvalue weighted by atomic mass is 35.5. The third kappa shape index (κ3) is 7.33. The summed E-state index contributed by atoms with van der Waals surface area (Å²) >= 11 is 11.6. The number of nitrogens with one attached hydrogen (secondary N) is 4. The first-order valence-electron chi connectivity index (χ1n) is 9.65. The molecule has 13 heteroatoms. The number of halogens is 3. The Morgan fingerprint density at radius 3 is 2.34 bits per heavy atom. The minimum absolute atomic E-state index is 0. The fraction of sp³-hybridized carbons (Fsp3) is 0.421. The summed E-state index contributed by atoms with van der Waals surface area (Å²) in [4.78, 5) is 33.3. The summed E-state index contributed by atoms with van der Waals surface area (Å²) in [7, 11) is 3.37. The molecule has 0 saturated heterocycles. The Labute approximate surface area is 203 Å². The van der Waals surface area contributed by atoms with E-state index < -0.39 is 0 Å². The zero-order valence-corrected chi connectivity index (χ0v) is 20.3. The number of carbonyl (C=O) groups excluding carboxylic acids is 2. The number of rotatable bonds is 12. The maximum absolute atomic E-state index is 13.2. The zero-order chi connectivity index (χ0) is 23.0. The Morgan fingerprint density at radius 2 is 1.72 bits per heavy atom. The van der Waals surface area contributed by atoms with Gasteiger partial charge in [0.05, 0.1) is 17.2 Å². The molecule has 6 N–H and O–H groups in total. The lowest BCUT2D eigenvalue weighted by Crippen LogP contribution is -2.45. The lowest BCUT2D eigenvalue weighted by Gasteiger charge is -2.30. The lowest BCUT2D eigenvalue weighted by atomic mass is 10.3. The number of carbonyl (C=O) groups is 2. The van der Waals surface area contributed by atoms with Crippen molar-refractivity contribution in [1.82, 2.24) is 19.9 Å². The van der Waals surface area contributed by atoms with Crippen molar-refractivity contribution in [3.8, 4) is 0 Å². The van der Waals surface area contributed by atoms with Gasteiger partial charge in [0.1, 0.15) is 11.4 Å². The number of hydrogen-bond acceptors (Lipinski definition) is 5. The number of nitrogens with zero attached hydrogens (tertiary/aromatic N) is 3. The molecule has 0 aliphatic heterocycles. The molecule has 10 nitrogen and oxygen atoms in total. The molecule has 0 aromatic carbocycles. The van der Waals surface area contributed by atoms with Crippen LogP contribution in [0.1, 0.15) is 27.4 Å². The molecule has 0 radical (unpaired) electrons. The molecule has 178 valence electrons. The number of amidine groups is 1. The Hall–Kier alpha value is -2.40. The summed E-state index contributed by atoms with van der Waals surface area (Å²) in [6.45, 7) is 1.31. The molecule has 0 spiro atoms. The third-order valence-corrected chi connectivity index (χ3v) is 4.84. The monoisotopic (exact) mass is 506 g/mol. The van der Waals surface area contributed by atoms with Crippen molar-refractivity contribution in [2.24, 2.45) is 5.73 Å². The number of nitrogens with two attached hydrogens (primary N) is 1. The summed E-state index contributed by atoms with van der Waals surface area (Å²) in [5.41, 5.74) is 7.29. The van der Waals surface area contributed by atoms with Gasteiger partial charge in [-0.05, 0) is 12.1 Å². The average molecular weight is 508 g/mol. The number of alkyl halides is 2. The number of hydrogen-bond donors (Lipinski definition) is 5. The Balaban J connectivity index is 0.00000512. The van der Waals surface area contributed by atoms with Crippen LogP contribution in [0.3, 0.4) is 0 Å². The van der Waals surface area contributed by atoms with Gasteiger partial charge in [0.2, 0.25) is 0 Å². The van der Waals surface area contributed by atoms with Crippen molar-refractivity contribution >= 4 is 64.6 Å². The van der Waals surface area contributed by atoms with Crippen molar-refractivity contribution in [1.29, 1.82) is 5.41 Å². The topological polar surface area (TPSA) is 137 Å². The molecule has 2 amide bonds. The van der Waals surface area contributed by atoms with Crippen LogP contribution < -0.4 is 16.1 Å². The largest absolute Gasteiger partial charge is 0.388 e. The third-order valence-electron chi connectivity index (χ3n) is 4.48. The van der Waals surface area contributed by atoms with Gasteiger partial charge < -0.3 is 25.9 Å². The highest BCUT2D eigenvalue weighted by Gasteiger charge is 2.25. The molecule has 2 aromatic rings. The van der Waals surface area contributed by atoms with Crippen molar-refractivity contribution in [3.63, 3.8) is 0 Å². The smallest absolute Gasteiger partial charge is 0.289 e. The second kappa shape index (κ2) is 13.2. The minimum atomic E-state index is -0.311. The van der Waals surface area contributed by atoms with Crippen LogP contribution in [-0.4, -0.2) is 83.0 Å². The first-order chi connectivity index (χ1) is 14.8. The van der Waals surface area contributed by atoms with Gasteiger partial charge in [0.15, 0.2) is 0 Å². The number of hydrazine groups is 1. The van der Waals surface area contributed by atoms with Crippen LogP contribution in [0.25, 0.3) is 0 Å². The fourth-order valence-electron chi connectivity index (χ4n) is 2.84. The van der Waals surface area contributed by atoms with Crippen molar-refractivity contribution in [2.45, 2.75) is 6.42 Å². The maximum Gasteiger partial charge on any atom is 0.289 e. The molecular weight excluding hydrogens is 479 g/mol. The van der Waals surface area contributed by atoms with Gasteiger partial charge in [-0.1, -0.05) is 0 Å². The molecule has 32 heavy (non-hydrogen) atoms. The molecule has 2 rings (SSSR count). The normalized spacial score (nSPS) is 10.5. The van der Waals surface area contributed by atoms with Gasteiger partial charge in [-0.2, -0.15) is 0 Å². The Morgan fingerprint density at radius 1 is 1.06 bits per heavy atom. The van der Waals surface area contributed by atoms with Gasteiger partial charge in [-0.3, -0.25) is 15.0 Å². The van der Waals surface area contributed by atoms with Gasteiger partial charge in [0.25, 0.3) is 11.8 Å². The van der Waals surface area contributed by atoms with Crippen LogP contribution in [-0.2, 0) is 0 Å².